The smallest absolute Gasteiger partial charge is 0.152 e. The number of hydrogen-bond acceptors (Lipinski definition) is 4. The standard InChI is InChI=1S/C60H40N2O2/c1-3-12-41(13-4-1)43-22-31-48(32-23-43)61(49-33-24-44(25-34-49)42-14-5-2-6-15-42)50-35-26-45(27-36-50)47-30-39-56-59(40-47)63-58-21-10-8-19-55(58)62(56)51-37-28-46(29-38-51)52-17-11-18-54-53-16-7-9-20-57(53)64-60(52)54/h1-40H. The maximum absolute atomic E-state index is 6.66. The molecular weight excluding hydrogens is 781 g/mol. The molecule has 302 valence electrons. The zero-order valence-corrected chi connectivity index (χ0v) is 34.8. The fourth-order valence-corrected chi connectivity index (χ4v) is 9.10. The van der Waals surface area contributed by atoms with Crippen molar-refractivity contribution >= 4 is 56.1 Å². The minimum absolute atomic E-state index is 0.801. The molecule has 0 unspecified atom stereocenters. The Morgan fingerprint density at radius 3 is 1.45 bits per heavy atom. The Balaban J connectivity index is 0.870. The molecule has 4 heteroatoms. The molecule has 4 nitrogen and oxygen atoms in total. The summed E-state index contributed by atoms with van der Waals surface area (Å²) in [5, 5.41) is 2.25. The Morgan fingerprint density at radius 1 is 0.328 bits per heavy atom. The van der Waals surface area contributed by atoms with Crippen molar-refractivity contribution in [1.29, 1.82) is 0 Å². The predicted molar refractivity (Wildman–Crippen MR) is 265 cm³/mol. The highest BCUT2D eigenvalue weighted by Crippen LogP contribution is 2.52. The SMILES string of the molecule is c1ccc(-c2ccc(N(c3ccc(-c4ccccc4)cc3)c3ccc(-c4ccc5c(c4)Oc4ccccc4N5c4ccc(-c5cccc6c5oc5ccccc56)cc4)cc3)cc2)cc1. The summed E-state index contributed by atoms with van der Waals surface area (Å²) in [5.74, 6) is 1.61. The van der Waals surface area contributed by atoms with E-state index in [9.17, 15) is 0 Å². The number of anilines is 6. The Labute approximate surface area is 372 Å². The van der Waals surface area contributed by atoms with Crippen LogP contribution in [0.4, 0.5) is 34.1 Å². The Kier molecular flexibility index (Phi) is 9.12. The summed E-state index contributed by atoms with van der Waals surface area (Å²) in [6, 6.07) is 85.6. The fraction of sp³-hybridized carbons (Fsp3) is 0. The maximum Gasteiger partial charge on any atom is 0.152 e. The lowest BCUT2D eigenvalue weighted by Crippen LogP contribution is -2.15. The topological polar surface area (TPSA) is 28.9 Å². The highest BCUT2D eigenvalue weighted by atomic mass is 16.5. The number of para-hydroxylation sites is 4. The van der Waals surface area contributed by atoms with Gasteiger partial charge < -0.3 is 19.0 Å². The fourth-order valence-electron chi connectivity index (χ4n) is 9.10. The van der Waals surface area contributed by atoms with Crippen LogP contribution in [0.25, 0.3) is 66.4 Å². The van der Waals surface area contributed by atoms with Crippen LogP contribution in [0.15, 0.2) is 247 Å². The molecule has 1 aliphatic heterocycles. The van der Waals surface area contributed by atoms with Crippen LogP contribution in [0.3, 0.4) is 0 Å². The summed E-state index contributed by atoms with van der Waals surface area (Å²) in [6.07, 6.45) is 0. The lowest BCUT2D eigenvalue weighted by atomic mass is 10.0. The molecule has 10 aromatic carbocycles. The largest absolute Gasteiger partial charge is 0.455 e. The van der Waals surface area contributed by atoms with E-state index in [2.05, 4.69) is 228 Å². The first-order chi connectivity index (χ1) is 31.7. The van der Waals surface area contributed by atoms with E-state index in [1.54, 1.807) is 0 Å². The van der Waals surface area contributed by atoms with E-state index in [1.807, 2.05) is 24.3 Å². The average Bonchev–Trinajstić information content (AvgIpc) is 3.76. The second-order valence-electron chi connectivity index (χ2n) is 16.1. The van der Waals surface area contributed by atoms with E-state index >= 15 is 0 Å². The monoisotopic (exact) mass is 820 g/mol. The third-order valence-electron chi connectivity index (χ3n) is 12.3. The highest BCUT2D eigenvalue weighted by molar-refractivity contribution is 6.09. The number of rotatable bonds is 8. The lowest BCUT2D eigenvalue weighted by molar-refractivity contribution is 0.477. The summed E-state index contributed by atoms with van der Waals surface area (Å²) >= 11 is 0. The van der Waals surface area contributed by atoms with Crippen molar-refractivity contribution in [2.24, 2.45) is 0 Å². The van der Waals surface area contributed by atoms with Crippen molar-refractivity contribution in [3.8, 4) is 56.0 Å². The van der Waals surface area contributed by atoms with Crippen LogP contribution < -0.4 is 14.5 Å². The van der Waals surface area contributed by atoms with Gasteiger partial charge in [0.1, 0.15) is 11.2 Å². The van der Waals surface area contributed by atoms with Gasteiger partial charge in [-0.15, -0.1) is 0 Å². The van der Waals surface area contributed by atoms with Gasteiger partial charge in [-0.1, -0.05) is 164 Å². The lowest BCUT2D eigenvalue weighted by Gasteiger charge is -2.33. The van der Waals surface area contributed by atoms with Gasteiger partial charge in [-0.2, -0.15) is 0 Å². The van der Waals surface area contributed by atoms with Crippen molar-refractivity contribution in [2.75, 3.05) is 9.80 Å². The molecule has 0 bridgehead atoms. The summed E-state index contributed by atoms with van der Waals surface area (Å²) < 4.78 is 13.0. The van der Waals surface area contributed by atoms with E-state index in [4.69, 9.17) is 9.15 Å². The minimum atomic E-state index is 0.801. The third kappa shape index (κ3) is 6.66. The molecule has 0 amide bonds. The quantitative estimate of drug-likeness (QED) is 0.153. The molecule has 0 aliphatic carbocycles. The minimum Gasteiger partial charge on any atom is -0.455 e. The number of hydrogen-bond donors (Lipinski definition) is 0. The molecule has 0 spiro atoms. The van der Waals surface area contributed by atoms with Crippen LogP contribution in [0.5, 0.6) is 11.5 Å². The zero-order valence-electron chi connectivity index (χ0n) is 34.8. The maximum atomic E-state index is 6.66. The number of furan rings is 1. The Morgan fingerprint density at radius 2 is 0.812 bits per heavy atom. The van der Waals surface area contributed by atoms with Crippen molar-refractivity contribution in [1.82, 2.24) is 0 Å². The average molecular weight is 821 g/mol. The molecule has 0 saturated carbocycles. The molecular formula is C60H40N2O2. The predicted octanol–water partition coefficient (Wildman–Crippen LogP) is 17.3. The van der Waals surface area contributed by atoms with Crippen LogP contribution in [0.1, 0.15) is 0 Å². The van der Waals surface area contributed by atoms with Crippen LogP contribution in [0.2, 0.25) is 0 Å². The highest BCUT2D eigenvalue weighted by Gasteiger charge is 2.26. The van der Waals surface area contributed by atoms with E-state index in [-0.39, 0.29) is 0 Å². The van der Waals surface area contributed by atoms with Gasteiger partial charge in [0.05, 0.1) is 11.4 Å². The second-order valence-corrected chi connectivity index (χ2v) is 16.1. The first-order valence-electron chi connectivity index (χ1n) is 21.7. The van der Waals surface area contributed by atoms with Gasteiger partial charge in [-0.05, 0) is 118 Å². The number of benzene rings is 10. The molecule has 0 N–H and O–H groups in total. The number of ether oxygens (including phenoxy) is 1. The van der Waals surface area contributed by atoms with Crippen molar-refractivity contribution in [2.45, 2.75) is 0 Å². The number of nitrogens with zero attached hydrogens (tertiary/aromatic N) is 2. The summed E-state index contributed by atoms with van der Waals surface area (Å²) in [7, 11) is 0. The summed E-state index contributed by atoms with van der Waals surface area (Å²) in [6.45, 7) is 0. The first kappa shape index (κ1) is 37.2. The number of fused-ring (bicyclic) bond motifs is 5. The first-order valence-corrected chi connectivity index (χ1v) is 21.7. The molecule has 2 heterocycles. The normalized spacial score (nSPS) is 11.8. The van der Waals surface area contributed by atoms with Crippen LogP contribution in [0, 0.1) is 0 Å². The van der Waals surface area contributed by atoms with Gasteiger partial charge in [-0.25, -0.2) is 0 Å². The molecule has 12 rings (SSSR count). The Bertz CT molecular complexity index is 3350. The van der Waals surface area contributed by atoms with Crippen LogP contribution in [-0.4, -0.2) is 0 Å². The summed E-state index contributed by atoms with van der Waals surface area (Å²) in [5.41, 5.74) is 17.2. The molecule has 64 heavy (non-hydrogen) atoms. The molecule has 0 saturated heterocycles. The molecule has 1 aliphatic rings. The van der Waals surface area contributed by atoms with Crippen molar-refractivity contribution in [3.63, 3.8) is 0 Å². The Hall–Kier alpha value is -8.60. The molecule has 1 aromatic heterocycles. The zero-order chi connectivity index (χ0) is 42.4. The van der Waals surface area contributed by atoms with Crippen molar-refractivity contribution < 1.29 is 9.15 Å². The molecule has 11 aromatic rings. The van der Waals surface area contributed by atoms with Gasteiger partial charge in [0.25, 0.3) is 0 Å². The van der Waals surface area contributed by atoms with E-state index in [0.29, 0.717) is 0 Å². The van der Waals surface area contributed by atoms with Gasteiger partial charge in [-0.3, -0.25) is 0 Å². The molecule has 0 radical (unpaired) electrons. The van der Waals surface area contributed by atoms with Crippen LogP contribution >= 0.6 is 0 Å². The van der Waals surface area contributed by atoms with E-state index in [1.165, 1.54) is 22.3 Å². The third-order valence-corrected chi connectivity index (χ3v) is 12.3. The van der Waals surface area contributed by atoms with Gasteiger partial charge in [0.2, 0.25) is 0 Å². The van der Waals surface area contributed by atoms with Gasteiger partial charge >= 0.3 is 0 Å². The van der Waals surface area contributed by atoms with Crippen LogP contribution in [-0.2, 0) is 0 Å². The van der Waals surface area contributed by atoms with Gasteiger partial charge in [0.15, 0.2) is 11.5 Å². The van der Waals surface area contributed by atoms with Gasteiger partial charge in [0, 0.05) is 39.1 Å². The molecule has 0 fully saturated rings. The summed E-state index contributed by atoms with van der Waals surface area (Å²) in [4.78, 5) is 4.61. The van der Waals surface area contributed by atoms with Crippen molar-refractivity contribution in [3.05, 3.63) is 243 Å². The van der Waals surface area contributed by atoms with E-state index in [0.717, 1.165) is 89.8 Å². The second kappa shape index (κ2) is 15.7. The molecule has 0 atom stereocenters. The van der Waals surface area contributed by atoms with E-state index < -0.39 is 0 Å².